The molecule has 6 heteroatoms. The predicted molar refractivity (Wildman–Crippen MR) is 203 cm³/mol. The van der Waals surface area contributed by atoms with Gasteiger partial charge in [-0.1, -0.05) is 65.5 Å². The number of hydrogen-bond acceptors (Lipinski definition) is 5. The smallest absolute Gasteiger partial charge is 0.410 e. The van der Waals surface area contributed by atoms with Crippen molar-refractivity contribution < 1.29 is 9.53 Å². The summed E-state index contributed by atoms with van der Waals surface area (Å²) in [7, 11) is 8.49. The number of amides is 1. The van der Waals surface area contributed by atoms with Gasteiger partial charge in [-0.25, -0.2) is 4.79 Å². The van der Waals surface area contributed by atoms with Crippen molar-refractivity contribution in [3.63, 3.8) is 0 Å². The van der Waals surface area contributed by atoms with Crippen LogP contribution < -0.4 is 5.32 Å². The molecule has 4 aliphatic rings. The van der Waals surface area contributed by atoms with Gasteiger partial charge < -0.3 is 24.8 Å². The van der Waals surface area contributed by atoms with Crippen molar-refractivity contribution in [2.24, 2.45) is 46.3 Å². The molecule has 3 saturated carbocycles. The summed E-state index contributed by atoms with van der Waals surface area (Å²) in [5, 5.41) is 3.25. The average molecular weight is 671 g/mol. The molecule has 6 nitrogen and oxygen atoms in total. The molecule has 1 N–H and O–H groups in total. The number of rotatable bonds is 19. The van der Waals surface area contributed by atoms with Gasteiger partial charge in [0.15, 0.2) is 0 Å². The van der Waals surface area contributed by atoms with Crippen molar-refractivity contribution in [1.82, 2.24) is 20.0 Å². The Morgan fingerprint density at radius 3 is 2.33 bits per heavy atom. The van der Waals surface area contributed by atoms with E-state index in [9.17, 15) is 4.79 Å². The van der Waals surface area contributed by atoms with Crippen LogP contribution in [0.3, 0.4) is 0 Å². The summed E-state index contributed by atoms with van der Waals surface area (Å²) >= 11 is 0. The van der Waals surface area contributed by atoms with Crippen LogP contribution in [0.4, 0.5) is 4.79 Å². The van der Waals surface area contributed by atoms with Crippen LogP contribution in [-0.4, -0.2) is 94.4 Å². The van der Waals surface area contributed by atoms with Crippen molar-refractivity contribution in [2.75, 3.05) is 67.5 Å². The van der Waals surface area contributed by atoms with E-state index in [0.717, 1.165) is 107 Å². The summed E-state index contributed by atoms with van der Waals surface area (Å²) in [6.45, 7) is 18.5. The minimum atomic E-state index is -0.0822. The van der Waals surface area contributed by atoms with Gasteiger partial charge >= 0.3 is 6.09 Å². The molecule has 4 rings (SSSR count). The van der Waals surface area contributed by atoms with E-state index in [0.29, 0.717) is 10.8 Å². The fourth-order valence-electron chi connectivity index (χ4n) is 11.2. The number of carbonyl (C=O) groups is 1. The zero-order chi connectivity index (χ0) is 34.9. The minimum Gasteiger partial charge on any atom is -0.446 e. The molecule has 0 aromatic heterocycles. The third-order valence-electron chi connectivity index (χ3n) is 14.0. The number of unbranched alkanes of at least 4 members (excludes halogenated alkanes) is 1. The molecule has 0 aromatic rings. The zero-order valence-electron chi connectivity index (χ0n) is 33.1. The van der Waals surface area contributed by atoms with E-state index < -0.39 is 0 Å². The number of ether oxygens (including phenoxy) is 1. The Hall–Kier alpha value is -1.11. The molecule has 0 unspecified atom stereocenters. The first-order valence-corrected chi connectivity index (χ1v) is 20.5. The maximum atomic E-state index is 13.6. The lowest BCUT2D eigenvalue weighted by Gasteiger charge is -2.58. The molecule has 8 atom stereocenters. The summed E-state index contributed by atoms with van der Waals surface area (Å²) in [6.07, 6.45) is 21.2. The van der Waals surface area contributed by atoms with Crippen LogP contribution in [0.2, 0.25) is 0 Å². The fraction of sp³-hybridized carbons (Fsp3) is 0.929. The molecule has 0 heterocycles. The van der Waals surface area contributed by atoms with Gasteiger partial charge in [-0.2, -0.15) is 0 Å². The number of hydrogen-bond donors (Lipinski definition) is 1. The van der Waals surface area contributed by atoms with Gasteiger partial charge in [0.25, 0.3) is 0 Å². The standard InChI is InChI=1S/C42H78N4O2/c1-32(2)15-12-16-33(3)37-19-20-38-36-18-17-34-31-35(21-23-41(34,4)39(36)22-24-42(37,38)5)48-40(47)46(30-13-25-43-6)29-11-10-27-45(9)28-14-26-44(7)8/h17,32-33,35-39,43H,10-16,18-31H2,1-9H3/t33-,35+,36+,37-,38+,39+,41+,42-/m1/s1. The van der Waals surface area contributed by atoms with Gasteiger partial charge in [0.1, 0.15) is 6.10 Å². The van der Waals surface area contributed by atoms with E-state index in [4.69, 9.17) is 4.74 Å². The molecule has 0 aromatic carbocycles. The monoisotopic (exact) mass is 671 g/mol. The van der Waals surface area contributed by atoms with E-state index in [2.05, 4.69) is 77.0 Å². The second-order valence-electron chi connectivity index (χ2n) is 18.1. The van der Waals surface area contributed by atoms with Gasteiger partial charge in [-0.05, 0) is 171 Å². The lowest BCUT2D eigenvalue weighted by Crippen LogP contribution is -2.51. The van der Waals surface area contributed by atoms with E-state index in [1.165, 1.54) is 64.2 Å². The molecular formula is C42H78N4O2. The molecule has 48 heavy (non-hydrogen) atoms. The van der Waals surface area contributed by atoms with Gasteiger partial charge in [-0.3, -0.25) is 0 Å². The van der Waals surface area contributed by atoms with Gasteiger partial charge in [0, 0.05) is 19.5 Å². The SMILES string of the molecule is CNCCCN(CCCCN(C)CCCN(C)C)C(=O)O[C@H]1CC[C@@]2(C)C(=CC[C@H]3[C@@H]4CC[C@H]([C@H](C)CCCC(C)C)[C@@]4(C)CC[C@@H]32)C1. The topological polar surface area (TPSA) is 48.0 Å². The summed E-state index contributed by atoms with van der Waals surface area (Å²) in [6, 6.07) is 0. The largest absolute Gasteiger partial charge is 0.446 e. The molecule has 3 fully saturated rings. The number of nitrogens with one attached hydrogen (secondary N) is 1. The predicted octanol–water partition coefficient (Wildman–Crippen LogP) is 9.11. The summed E-state index contributed by atoms with van der Waals surface area (Å²) in [5.74, 6) is 5.15. The molecule has 0 spiro atoms. The van der Waals surface area contributed by atoms with Crippen LogP contribution in [0.25, 0.3) is 0 Å². The van der Waals surface area contributed by atoms with E-state index in [1.807, 2.05) is 11.9 Å². The van der Waals surface area contributed by atoms with Crippen molar-refractivity contribution in [3.8, 4) is 0 Å². The molecule has 0 aliphatic heterocycles. The van der Waals surface area contributed by atoms with Crippen molar-refractivity contribution in [3.05, 3.63) is 11.6 Å². The van der Waals surface area contributed by atoms with Gasteiger partial charge in [0.2, 0.25) is 0 Å². The third kappa shape index (κ3) is 10.0. The molecule has 0 bridgehead atoms. The first kappa shape index (κ1) is 39.7. The first-order valence-electron chi connectivity index (χ1n) is 20.5. The Bertz CT molecular complexity index is 1010. The van der Waals surface area contributed by atoms with Crippen LogP contribution in [0.5, 0.6) is 0 Å². The quantitative estimate of drug-likeness (QED) is 0.110. The number of nitrogens with zero attached hydrogens (tertiary/aromatic N) is 3. The van der Waals surface area contributed by atoms with Crippen molar-refractivity contribution in [2.45, 2.75) is 137 Å². The molecule has 4 aliphatic carbocycles. The third-order valence-corrected chi connectivity index (χ3v) is 14.0. The highest BCUT2D eigenvalue weighted by atomic mass is 16.6. The average Bonchev–Trinajstić information content (AvgIpc) is 3.39. The Morgan fingerprint density at radius 1 is 0.875 bits per heavy atom. The summed E-state index contributed by atoms with van der Waals surface area (Å²) in [5.41, 5.74) is 2.44. The lowest BCUT2D eigenvalue weighted by atomic mass is 9.47. The Labute approximate surface area is 297 Å². The summed E-state index contributed by atoms with van der Waals surface area (Å²) in [4.78, 5) is 20.3. The van der Waals surface area contributed by atoms with Crippen LogP contribution >= 0.6 is 0 Å². The molecule has 278 valence electrons. The Kier molecular flexibility index (Phi) is 15.2. The lowest BCUT2D eigenvalue weighted by molar-refractivity contribution is -0.0593. The van der Waals surface area contributed by atoms with Crippen molar-refractivity contribution in [1.29, 1.82) is 0 Å². The highest BCUT2D eigenvalue weighted by Gasteiger charge is 2.59. The maximum Gasteiger partial charge on any atom is 0.410 e. The second-order valence-corrected chi connectivity index (χ2v) is 18.1. The summed E-state index contributed by atoms with van der Waals surface area (Å²) < 4.78 is 6.35. The molecule has 0 radical (unpaired) electrons. The second kappa shape index (κ2) is 18.4. The molecular weight excluding hydrogens is 592 g/mol. The van der Waals surface area contributed by atoms with Crippen molar-refractivity contribution >= 4 is 6.09 Å². The van der Waals surface area contributed by atoms with E-state index in [1.54, 1.807) is 5.57 Å². The van der Waals surface area contributed by atoms with Crippen LogP contribution in [0.1, 0.15) is 131 Å². The Balaban J connectivity index is 1.30. The Morgan fingerprint density at radius 2 is 1.60 bits per heavy atom. The molecule has 1 amide bonds. The normalized spacial score (nSPS) is 32.2. The number of carbonyl (C=O) groups excluding carboxylic acids is 1. The number of fused-ring (bicyclic) bond motifs is 5. The molecule has 0 saturated heterocycles. The highest BCUT2D eigenvalue weighted by molar-refractivity contribution is 5.67. The van der Waals surface area contributed by atoms with E-state index >= 15 is 0 Å². The zero-order valence-corrected chi connectivity index (χ0v) is 33.1. The maximum absolute atomic E-state index is 13.6. The minimum absolute atomic E-state index is 0.0272. The van der Waals surface area contributed by atoms with E-state index in [-0.39, 0.29) is 12.2 Å². The van der Waals surface area contributed by atoms with Gasteiger partial charge in [0.05, 0.1) is 0 Å². The van der Waals surface area contributed by atoms with Crippen LogP contribution in [-0.2, 0) is 4.74 Å². The number of allylic oxidation sites excluding steroid dienone is 1. The fourth-order valence-corrected chi connectivity index (χ4v) is 11.2. The first-order chi connectivity index (χ1) is 22.9. The highest BCUT2D eigenvalue weighted by Crippen LogP contribution is 2.67. The van der Waals surface area contributed by atoms with Crippen LogP contribution in [0.15, 0.2) is 11.6 Å². The van der Waals surface area contributed by atoms with Crippen LogP contribution in [0, 0.1) is 46.3 Å². The van der Waals surface area contributed by atoms with Gasteiger partial charge in [-0.15, -0.1) is 0 Å².